The summed E-state index contributed by atoms with van der Waals surface area (Å²) in [5, 5.41) is 0. The molecule has 119 valence electrons. The number of ether oxygens (including phenoxy) is 1. The van der Waals surface area contributed by atoms with Crippen LogP contribution in [-0.2, 0) is 4.43 Å². The molecule has 1 unspecified atom stereocenters. The molecule has 0 saturated carbocycles. The third-order valence-corrected chi connectivity index (χ3v) is 3.82. The van der Waals surface area contributed by atoms with Crippen molar-refractivity contribution in [3.05, 3.63) is 28.2 Å². The molecule has 7 heteroatoms. The zero-order valence-corrected chi connectivity index (χ0v) is 15.2. The first-order chi connectivity index (χ1) is 9.40. The second-order valence-electron chi connectivity index (χ2n) is 6.00. The van der Waals surface area contributed by atoms with Gasteiger partial charge in [0.1, 0.15) is 5.75 Å². The molecule has 0 aliphatic carbocycles. The molecule has 2 nitrogen and oxygen atoms in total. The molecule has 1 rings (SSSR count). The molecule has 0 spiro atoms. The maximum atomic E-state index is 12.6. The Morgan fingerprint density at radius 3 is 2.14 bits per heavy atom. The first-order valence-electron chi connectivity index (χ1n) is 6.42. The monoisotopic (exact) mass is 383 g/mol. The van der Waals surface area contributed by atoms with E-state index in [9.17, 15) is 13.2 Å². The van der Waals surface area contributed by atoms with Gasteiger partial charge in [-0.25, -0.2) is 0 Å². The maximum absolute atomic E-state index is 12.6. The molecule has 1 aromatic carbocycles. The quantitative estimate of drug-likeness (QED) is 0.620. The molecule has 0 bridgehead atoms. The van der Waals surface area contributed by atoms with Gasteiger partial charge in [0.2, 0.25) is 9.04 Å². The van der Waals surface area contributed by atoms with Crippen LogP contribution in [0.1, 0.15) is 32.4 Å². The van der Waals surface area contributed by atoms with Crippen LogP contribution in [0.15, 0.2) is 22.7 Å². The van der Waals surface area contributed by atoms with Gasteiger partial charge in [0.05, 0.1) is 6.10 Å². The van der Waals surface area contributed by atoms with Crippen molar-refractivity contribution in [2.75, 3.05) is 0 Å². The summed E-state index contributed by atoms with van der Waals surface area (Å²) < 4.78 is 48.4. The van der Waals surface area contributed by atoms with Crippen LogP contribution in [0.25, 0.3) is 0 Å². The summed E-state index contributed by atoms with van der Waals surface area (Å²) in [6, 6.07) is 4.63. The van der Waals surface area contributed by atoms with E-state index in [1.54, 1.807) is 12.1 Å². The van der Waals surface area contributed by atoms with Gasteiger partial charge in [0.25, 0.3) is 0 Å². The van der Waals surface area contributed by atoms with Gasteiger partial charge in [0.15, 0.2) is 0 Å². The van der Waals surface area contributed by atoms with Gasteiger partial charge in [-0.1, -0.05) is 42.8 Å². The number of benzene rings is 1. The average molecular weight is 384 g/mol. The first-order valence-corrected chi connectivity index (χ1v) is 9.62. The fourth-order valence-corrected chi connectivity index (χ4v) is 3.17. The molecule has 0 amide bonds. The molecule has 0 aromatic heterocycles. The lowest BCUT2D eigenvalue weighted by molar-refractivity contribution is -0.275. The third-order valence-electron chi connectivity index (χ3n) is 2.62. The Labute approximate surface area is 133 Å². The molecule has 1 aromatic rings. The second kappa shape index (κ2) is 6.70. The Morgan fingerprint density at radius 2 is 1.71 bits per heavy atom. The summed E-state index contributed by atoms with van der Waals surface area (Å²) in [6.07, 6.45) is -5.20. The Kier molecular flexibility index (Phi) is 5.91. The summed E-state index contributed by atoms with van der Waals surface area (Å²) >= 11 is 3.17. The summed E-state index contributed by atoms with van der Waals surface area (Å²) in [6.45, 7) is 9.70. The van der Waals surface area contributed by atoms with Gasteiger partial charge < -0.3 is 9.16 Å². The van der Waals surface area contributed by atoms with Crippen molar-refractivity contribution in [3.8, 4) is 5.75 Å². The predicted molar refractivity (Wildman–Crippen MR) is 81.6 cm³/mol. The molecule has 0 heterocycles. The van der Waals surface area contributed by atoms with Gasteiger partial charge in [-0.15, -0.1) is 13.2 Å². The lowest BCUT2D eigenvalue weighted by Gasteiger charge is -2.34. The van der Waals surface area contributed by atoms with E-state index in [0.717, 1.165) is 0 Å². The lowest BCUT2D eigenvalue weighted by Crippen LogP contribution is -2.27. The van der Waals surface area contributed by atoms with Crippen LogP contribution in [0.3, 0.4) is 0 Å². The van der Waals surface area contributed by atoms with Crippen molar-refractivity contribution in [2.45, 2.75) is 46.3 Å². The van der Waals surface area contributed by atoms with E-state index in [1.165, 1.54) is 6.07 Å². The number of halogens is 4. The molecule has 0 aliphatic rings. The normalized spacial score (nSPS) is 14.4. The number of hydrogen-bond donors (Lipinski definition) is 0. The second-order valence-corrected chi connectivity index (χ2v) is 8.97. The van der Waals surface area contributed by atoms with Crippen LogP contribution in [0, 0.1) is 5.41 Å². The number of hydrogen-bond acceptors (Lipinski definition) is 2. The highest BCUT2D eigenvalue weighted by atomic mass is 79.9. The number of alkyl halides is 3. The summed E-state index contributed by atoms with van der Waals surface area (Å²) in [7, 11) is -1.08. The Balaban J connectivity index is 3.30. The van der Waals surface area contributed by atoms with Crippen molar-refractivity contribution in [3.63, 3.8) is 0 Å². The van der Waals surface area contributed by atoms with Gasteiger partial charge in [-0.05, 0) is 30.6 Å². The van der Waals surface area contributed by atoms with E-state index < -0.39 is 21.5 Å². The minimum absolute atomic E-state index is 0.222. The molecular formula is C14H19BrF3O2Si. The third kappa shape index (κ3) is 6.00. The molecule has 21 heavy (non-hydrogen) atoms. The summed E-state index contributed by atoms with van der Waals surface area (Å²) in [5.74, 6) is -0.222. The van der Waals surface area contributed by atoms with Gasteiger partial charge in [-0.2, -0.15) is 0 Å². The topological polar surface area (TPSA) is 18.5 Å². The lowest BCUT2D eigenvalue weighted by atomic mass is 9.84. The number of rotatable bonds is 4. The van der Waals surface area contributed by atoms with Crippen LogP contribution in [0.4, 0.5) is 13.2 Å². The molecule has 0 aliphatic heterocycles. The molecule has 1 atom stereocenters. The van der Waals surface area contributed by atoms with Crippen LogP contribution in [0.5, 0.6) is 5.75 Å². The summed E-state index contributed by atoms with van der Waals surface area (Å²) in [4.78, 5) is 0. The van der Waals surface area contributed by atoms with Gasteiger partial charge in [-0.3, -0.25) is 0 Å². The van der Waals surface area contributed by atoms with Crippen LogP contribution >= 0.6 is 15.9 Å². The standard InChI is InChI=1S/C14H19BrF3O2Si/c1-13(2,3)12(20-21(4)5)10-7-6-9(15)8-11(10)19-14(16,17)18/h6-8,12H,1-5H3. The zero-order valence-electron chi connectivity index (χ0n) is 12.6. The smallest absolute Gasteiger partial charge is 0.410 e. The molecule has 1 radical (unpaired) electrons. The van der Waals surface area contributed by atoms with Crippen molar-refractivity contribution in [2.24, 2.45) is 5.41 Å². The van der Waals surface area contributed by atoms with Crippen LogP contribution in [-0.4, -0.2) is 15.4 Å². The highest BCUT2D eigenvalue weighted by Gasteiger charge is 2.36. The molecule has 0 N–H and O–H groups in total. The largest absolute Gasteiger partial charge is 0.573 e. The first kappa shape index (κ1) is 18.5. The van der Waals surface area contributed by atoms with Crippen molar-refractivity contribution >= 4 is 25.0 Å². The minimum Gasteiger partial charge on any atom is -0.410 e. The van der Waals surface area contributed by atoms with E-state index in [4.69, 9.17) is 4.43 Å². The Hall–Kier alpha value is -0.533. The molecular weight excluding hydrogens is 365 g/mol. The predicted octanol–water partition coefficient (Wildman–Crippen LogP) is 5.70. The Bertz CT molecular complexity index is 484. The van der Waals surface area contributed by atoms with Crippen LogP contribution < -0.4 is 4.74 Å². The maximum Gasteiger partial charge on any atom is 0.573 e. The highest BCUT2D eigenvalue weighted by molar-refractivity contribution is 9.10. The summed E-state index contributed by atoms with van der Waals surface area (Å²) in [5.41, 5.74) is 0.0636. The van der Waals surface area contributed by atoms with Gasteiger partial charge in [0, 0.05) is 10.0 Å². The SMILES string of the molecule is C[Si](C)OC(c1ccc(Br)cc1OC(F)(F)F)C(C)(C)C. The van der Waals surface area contributed by atoms with E-state index in [1.807, 2.05) is 33.9 Å². The Morgan fingerprint density at radius 1 is 1.14 bits per heavy atom. The average Bonchev–Trinajstić information content (AvgIpc) is 2.22. The van der Waals surface area contributed by atoms with Gasteiger partial charge >= 0.3 is 6.36 Å². The van der Waals surface area contributed by atoms with Crippen LogP contribution in [0.2, 0.25) is 13.1 Å². The van der Waals surface area contributed by atoms with Crippen molar-refractivity contribution in [1.82, 2.24) is 0 Å². The van der Waals surface area contributed by atoms with E-state index in [0.29, 0.717) is 10.0 Å². The van der Waals surface area contributed by atoms with Crippen molar-refractivity contribution < 1.29 is 22.3 Å². The fraction of sp³-hybridized carbons (Fsp3) is 0.571. The molecule has 0 fully saturated rings. The zero-order chi connectivity index (χ0) is 16.4. The highest BCUT2D eigenvalue weighted by Crippen LogP contribution is 2.42. The fourth-order valence-electron chi connectivity index (χ4n) is 1.88. The minimum atomic E-state index is -4.73. The van der Waals surface area contributed by atoms with E-state index in [2.05, 4.69) is 20.7 Å². The van der Waals surface area contributed by atoms with Crippen molar-refractivity contribution in [1.29, 1.82) is 0 Å². The van der Waals surface area contributed by atoms with E-state index >= 15 is 0 Å². The van der Waals surface area contributed by atoms with E-state index in [-0.39, 0.29) is 11.2 Å². The molecule has 0 saturated heterocycles.